The number of guanidine groups is 1. The van der Waals surface area contributed by atoms with E-state index < -0.39 is 5.54 Å². The van der Waals surface area contributed by atoms with Crippen LogP contribution in [0.15, 0.2) is 4.99 Å². The van der Waals surface area contributed by atoms with Gasteiger partial charge in [0, 0.05) is 13.1 Å². The molecule has 1 unspecified atom stereocenters. The van der Waals surface area contributed by atoms with E-state index >= 15 is 0 Å². The molecule has 5 nitrogen and oxygen atoms in total. The van der Waals surface area contributed by atoms with Gasteiger partial charge in [-0.1, -0.05) is 20.8 Å². The normalized spacial score (nSPS) is 29.8. The van der Waals surface area contributed by atoms with Crippen LogP contribution in [0.25, 0.3) is 0 Å². The highest BCUT2D eigenvalue weighted by atomic mass is 16.2. The summed E-state index contributed by atoms with van der Waals surface area (Å²) in [5, 5.41) is 6.30. The lowest BCUT2D eigenvalue weighted by Gasteiger charge is -2.25. The molecule has 5 heteroatoms. The zero-order valence-corrected chi connectivity index (χ0v) is 13.0. The van der Waals surface area contributed by atoms with Crippen LogP contribution in [-0.4, -0.2) is 48.5 Å². The summed E-state index contributed by atoms with van der Waals surface area (Å²) < 4.78 is 0. The van der Waals surface area contributed by atoms with E-state index in [1.54, 1.807) is 0 Å². The van der Waals surface area contributed by atoms with E-state index in [0.29, 0.717) is 11.9 Å². The van der Waals surface area contributed by atoms with E-state index in [9.17, 15) is 4.79 Å². The predicted molar refractivity (Wildman–Crippen MR) is 81.7 cm³/mol. The van der Waals surface area contributed by atoms with Gasteiger partial charge in [0.1, 0.15) is 5.54 Å². The topological polar surface area (TPSA) is 56.7 Å². The second kappa shape index (κ2) is 6.57. The number of hydrogen-bond donors (Lipinski definition) is 2. The van der Waals surface area contributed by atoms with Gasteiger partial charge in [-0.05, 0) is 44.7 Å². The van der Waals surface area contributed by atoms with Crippen molar-refractivity contribution in [2.24, 2.45) is 10.9 Å². The summed E-state index contributed by atoms with van der Waals surface area (Å²) in [7, 11) is 0. The van der Waals surface area contributed by atoms with Crippen molar-refractivity contribution in [2.75, 3.05) is 26.2 Å². The lowest BCUT2D eigenvalue weighted by molar-refractivity contribution is -0.124. The maximum Gasteiger partial charge on any atom is 0.252 e. The highest BCUT2D eigenvalue weighted by Gasteiger charge is 2.45. The number of likely N-dealkylation sites (tertiary alicyclic amines) is 1. The Balaban J connectivity index is 2.00. The quantitative estimate of drug-likeness (QED) is 0.817. The Morgan fingerprint density at radius 3 is 2.85 bits per heavy atom. The molecule has 2 aliphatic heterocycles. The number of nitrogens with one attached hydrogen (secondary N) is 2. The zero-order chi connectivity index (χ0) is 14.6. The Hall–Kier alpha value is -1.10. The van der Waals surface area contributed by atoms with Gasteiger partial charge in [0.25, 0.3) is 5.91 Å². The molecule has 1 amide bonds. The SMILES string of the molecule is CCCN1CCCC2(CC1)NC(=NCC(C)C)NC2=O. The molecule has 0 aromatic carbocycles. The summed E-state index contributed by atoms with van der Waals surface area (Å²) in [6.45, 7) is 10.4. The average molecular weight is 280 g/mol. The van der Waals surface area contributed by atoms with Gasteiger partial charge in [-0.25, -0.2) is 0 Å². The fourth-order valence-corrected chi connectivity index (χ4v) is 2.98. The molecule has 1 atom stereocenters. The molecule has 2 heterocycles. The second-order valence-electron chi connectivity index (χ2n) is 6.44. The number of rotatable bonds is 4. The monoisotopic (exact) mass is 280 g/mol. The highest BCUT2D eigenvalue weighted by molar-refractivity contribution is 6.09. The third kappa shape index (κ3) is 3.51. The third-order valence-electron chi connectivity index (χ3n) is 4.11. The van der Waals surface area contributed by atoms with Gasteiger partial charge in [-0.3, -0.25) is 15.1 Å². The van der Waals surface area contributed by atoms with Crippen LogP contribution in [0.4, 0.5) is 0 Å². The molecule has 20 heavy (non-hydrogen) atoms. The van der Waals surface area contributed by atoms with Crippen molar-refractivity contribution in [1.82, 2.24) is 15.5 Å². The Morgan fingerprint density at radius 2 is 2.15 bits per heavy atom. The largest absolute Gasteiger partial charge is 0.342 e. The minimum atomic E-state index is -0.418. The maximum absolute atomic E-state index is 12.4. The van der Waals surface area contributed by atoms with Crippen molar-refractivity contribution in [3.05, 3.63) is 0 Å². The first-order valence-corrected chi connectivity index (χ1v) is 7.92. The van der Waals surface area contributed by atoms with E-state index in [0.717, 1.165) is 45.4 Å². The smallest absolute Gasteiger partial charge is 0.252 e. The summed E-state index contributed by atoms with van der Waals surface area (Å²) in [4.78, 5) is 19.3. The molecular formula is C15H28N4O. The van der Waals surface area contributed by atoms with Gasteiger partial charge < -0.3 is 10.2 Å². The molecule has 0 saturated carbocycles. The number of carbonyl (C=O) groups excluding carboxylic acids is 1. The fraction of sp³-hybridized carbons (Fsp3) is 0.867. The number of aliphatic imine (C=N–C) groups is 1. The molecule has 2 N–H and O–H groups in total. The lowest BCUT2D eigenvalue weighted by Crippen LogP contribution is -2.47. The molecule has 0 radical (unpaired) electrons. The zero-order valence-electron chi connectivity index (χ0n) is 13.0. The summed E-state index contributed by atoms with van der Waals surface area (Å²) in [6, 6.07) is 0. The van der Waals surface area contributed by atoms with E-state index in [-0.39, 0.29) is 5.91 Å². The molecular weight excluding hydrogens is 252 g/mol. The predicted octanol–water partition coefficient (Wildman–Crippen LogP) is 1.35. The van der Waals surface area contributed by atoms with Crippen LogP contribution in [0.5, 0.6) is 0 Å². The molecule has 1 spiro atoms. The van der Waals surface area contributed by atoms with Crippen LogP contribution >= 0.6 is 0 Å². The Bertz CT molecular complexity index is 380. The van der Waals surface area contributed by atoms with Crippen LogP contribution < -0.4 is 10.6 Å². The third-order valence-corrected chi connectivity index (χ3v) is 4.11. The van der Waals surface area contributed by atoms with Crippen LogP contribution in [0, 0.1) is 5.92 Å². The first kappa shape index (κ1) is 15.3. The molecule has 0 aromatic rings. The lowest BCUT2D eigenvalue weighted by atomic mass is 9.91. The summed E-state index contributed by atoms with van der Waals surface area (Å²) in [5.41, 5.74) is -0.418. The number of amides is 1. The van der Waals surface area contributed by atoms with Crippen LogP contribution in [0.2, 0.25) is 0 Å². The molecule has 114 valence electrons. The van der Waals surface area contributed by atoms with Crippen molar-refractivity contribution in [1.29, 1.82) is 0 Å². The van der Waals surface area contributed by atoms with Crippen molar-refractivity contribution < 1.29 is 4.79 Å². The summed E-state index contributed by atoms with van der Waals surface area (Å²) in [6.07, 6.45) is 4.02. The highest BCUT2D eigenvalue weighted by Crippen LogP contribution is 2.25. The Labute approximate surface area is 122 Å². The van der Waals surface area contributed by atoms with Crippen molar-refractivity contribution in [2.45, 2.75) is 52.0 Å². The van der Waals surface area contributed by atoms with Crippen molar-refractivity contribution in [3.63, 3.8) is 0 Å². The Kier molecular flexibility index (Phi) is 5.02. The number of carbonyl (C=O) groups is 1. The van der Waals surface area contributed by atoms with E-state index in [1.165, 1.54) is 6.42 Å². The number of nitrogens with zero attached hydrogens (tertiary/aromatic N) is 2. The maximum atomic E-state index is 12.4. The van der Waals surface area contributed by atoms with Gasteiger partial charge in [0.2, 0.25) is 0 Å². The molecule has 0 aromatic heterocycles. The fourth-order valence-electron chi connectivity index (χ4n) is 2.98. The van der Waals surface area contributed by atoms with Gasteiger partial charge in [0.15, 0.2) is 5.96 Å². The minimum absolute atomic E-state index is 0.110. The van der Waals surface area contributed by atoms with Gasteiger partial charge in [-0.15, -0.1) is 0 Å². The van der Waals surface area contributed by atoms with Gasteiger partial charge in [-0.2, -0.15) is 0 Å². The Morgan fingerprint density at radius 1 is 1.35 bits per heavy atom. The van der Waals surface area contributed by atoms with E-state index in [2.05, 4.69) is 41.3 Å². The molecule has 2 saturated heterocycles. The van der Waals surface area contributed by atoms with Gasteiger partial charge >= 0.3 is 0 Å². The summed E-state index contributed by atoms with van der Waals surface area (Å²) in [5.74, 6) is 1.29. The van der Waals surface area contributed by atoms with Crippen LogP contribution in [0.3, 0.4) is 0 Å². The average Bonchev–Trinajstić information content (AvgIpc) is 2.57. The summed E-state index contributed by atoms with van der Waals surface area (Å²) >= 11 is 0. The second-order valence-corrected chi connectivity index (χ2v) is 6.44. The van der Waals surface area contributed by atoms with Gasteiger partial charge in [0.05, 0.1) is 0 Å². The first-order chi connectivity index (χ1) is 9.55. The van der Waals surface area contributed by atoms with E-state index in [4.69, 9.17) is 0 Å². The van der Waals surface area contributed by atoms with Crippen LogP contribution in [-0.2, 0) is 4.79 Å². The van der Waals surface area contributed by atoms with Crippen molar-refractivity contribution >= 4 is 11.9 Å². The standard InChI is InChI=1S/C15H28N4O/c1-4-8-19-9-5-6-15(7-10-19)13(20)17-14(18-15)16-11-12(2)3/h12H,4-11H2,1-3H3,(H2,16,17,18,20). The molecule has 0 bridgehead atoms. The molecule has 2 aliphatic rings. The first-order valence-electron chi connectivity index (χ1n) is 7.92. The van der Waals surface area contributed by atoms with Crippen molar-refractivity contribution in [3.8, 4) is 0 Å². The van der Waals surface area contributed by atoms with Crippen LogP contribution in [0.1, 0.15) is 46.5 Å². The number of hydrogen-bond acceptors (Lipinski definition) is 3. The molecule has 2 rings (SSSR count). The minimum Gasteiger partial charge on any atom is -0.342 e. The molecule has 2 fully saturated rings. The van der Waals surface area contributed by atoms with E-state index in [1.807, 2.05) is 0 Å². The molecule has 0 aliphatic carbocycles.